The number of benzene rings is 1. The Morgan fingerprint density at radius 2 is 2.04 bits per heavy atom. The van der Waals surface area contributed by atoms with Crippen LogP contribution >= 0.6 is 0 Å². The highest BCUT2D eigenvalue weighted by atomic mass is 16.6. The lowest BCUT2D eigenvalue weighted by atomic mass is 10.0. The number of hydrogen-bond acceptors (Lipinski definition) is 8. The Kier molecular flexibility index (Phi) is 5.87. The fraction of sp³-hybridized carbons (Fsp3) is 0.389. The van der Waals surface area contributed by atoms with Crippen LogP contribution in [0.4, 0.5) is 5.69 Å². The second kappa shape index (κ2) is 8.51. The average molecular weight is 388 g/mol. The summed E-state index contributed by atoms with van der Waals surface area (Å²) in [6, 6.07) is 5.93. The highest BCUT2D eigenvalue weighted by Gasteiger charge is 2.31. The number of rotatable bonds is 6. The Balaban J connectivity index is 1.83. The molecule has 1 atom stereocenters. The molecule has 1 aliphatic rings. The standard InChI is InChI=1S/C18H20N4O6/c1-26-15-9-13(14(22(24)25)10-16(15)27-2)18(23)21-8-4-5-12(11-21)28-17-6-3-7-19-20-17/h3,6-7,9-10,12H,4-5,8,11H2,1-2H3. The van der Waals surface area contributed by atoms with Crippen LogP contribution in [0.3, 0.4) is 0 Å². The lowest BCUT2D eigenvalue weighted by Gasteiger charge is -2.32. The molecule has 1 amide bonds. The molecule has 0 radical (unpaired) electrons. The minimum absolute atomic E-state index is 0.0530. The molecule has 2 aromatic rings. The van der Waals surface area contributed by atoms with Crippen LogP contribution < -0.4 is 14.2 Å². The first kappa shape index (κ1) is 19.3. The van der Waals surface area contributed by atoms with Crippen molar-refractivity contribution in [3.63, 3.8) is 0 Å². The van der Waals surface area contributed by atoms with E-state index in [-0.39, 0.29) is 28.9 Å². The number of carbonyl (C=O) groups excluding carboxylic acids is 1. The van der Waals surface area contributed by atoms with Crippen LogP contribution in [-0.2, 0) is 0 Å². The topological polar surface area (TPSA) is 117 Å². The van der Waals surface area contributed by atoms with Gasteiger partial charge in [0.1, 0.15) is 11.7 Å². The number of ether oxygens (including phenoxy) is 3. The summed E-state index contributed by atoms with van der Waals surface area (Å²) in [6.45, 7) is 0.769. The number of nitrogens with zero attached hydrogens (tertiary/aromatic N) is 4. The number of nitro groups is 1. The Morgan fingerprint density at radius 3 is 2.68 bits per heavy atom. The monoisotopic (exact) mass is 388 g/mol. The van der Waals surface area contributed by atoms with E-state index in [1.54, 1.807) is 23.2 Å². The van der Waals surface area contributed by atoms with E-state index >= 15 is 0 Å². The summed E-state index contributed by atoms with van der Waals surface area (Å²) in [5.74, 6) is 0.355. The molecule has 0 N–H and O–H groups in total. The predicted octanol–water partition coefficient (Wildman–Crippen LogP) is 2.09. The van der Waals surface area contributed by atoms with Crippen molar-refractivity contribution in [2.45, 2.75) is 18.9 Å². The maximum atomic E-state index is 13.0. The van der Waals surface area contributed by atoms with Gasteiger partial charge in [-0.15, -0.1) is 5.10 Å². The van der Waals surface area contributed by atoms with Gasteiger partial charge in [0.15, 0.2) is 11.5 Å². The lowest BCUT2D eigenvalue weighted by Crippen LogP contribution is -2.44. The van der Waals surface area contributed by atoms with Crippen molar-refractivity contribution in [1.82, 2.24) is 15.1 Å². The number of aromatic nitrogens is 2. The summed E-state index contributed by atoms with van der Waals surface area (Å²) in [4.78, 5) is 25.4. The summed E-state index contributed by atoms with van der Waals surface area (Å²) >= 11 is 0. The smallest absolute Gasteiger partial charge is 0.286 e. The minimum atomic E-state index is -0.604. The molecule has 2 heterocycles. The largest absolute Gasteiger partial charge is 0.493 e. The van der Waals surface area contributed by atoms with Gasteiger partial charge in [-0.05, 0) is 18.9 Å². The van der Waals surface area contributed by atoms with Gasteiger partial charge in [0.2, 0.25) is 5.88 Å². The van der Waals surface area contributed by atoms with E-state index in [0.717, 1.165) is 6.42 Å². The van der Waals surface area contributed by atoms with Gasteiger partial charge in [-0.25, -0.2) is 0 Å². The van der Waals surface area contributed by atoms with Crippen molar-refractivity contribution in [2.75, 3.05) is 27.3 Å². The van der Waals surface area contributed by atoms with Gasteiger partial charge in [-0.3, -0.25) is 14.9 Å². The second-order valence-electron chi connectivity index (χ2n) is 6.18. The molecule has 10 nitrogen and oxygen atoms in total. The van der Waals surface area contributed by atoms with Gasteiger partial charge in [0.05, 0.1) is 31.8 Å². The first-order chi connectivity index (χ1) is 13.5. The fourth-order valence-corrected chi connectivity index (χ4v) is 3.10. The Hall–Kier alpha value is -3.43. The predicted molar refractivity (Wildman–Crippen MR) is 97.8 cm³/mol. The number of amides is 1. The van der Waals surface area contributed by atoms with Crippen LogP contribution in [0.5, 0.6) is 17.4 Å². The molecule has 1 aromatic heterocycles. The minimum Gasteiger partial charge on any atom is -0.493 e. The van der Waals surface area contributed by atoms with E-state index in [0.29, 0.717) is 25.4 Å². The number of hydrogen-bond donors (Lipinski definition) is 0. The normalized spacial score (nSPS) is 16.4. The average Bonchev–Trinajstić information content (AvgIpc) is 2.73. The molecule has 1 unspecified atom stereocenters. The molecule has 1 aromatic carbocycles. The highest BCUT2D eigenvalue weighted by molar-refractivity contribution is 5.99. The third-order valence-electron chi connectivity index (χ3n) is 4.43. The van der Waals surface area contributed by atoms with Crippen LogP contribution in [0.25, 0.3) is 0 Å². The third kappa shape index (κ3) is 4.11. The van der Waals surface area contributed by atoms with Crippen LogP contribution in [0.2, 0.25) is 0 Å². The number of carbonyl (C=O) groups is 1. The third-order valence-corrected chi connectivity index (χ3v) is 4.43. The van der Waals surface area contributed by atoms with Crippen LogP contribution in [0, 0.1) is 10.1 Å². The molecule has 3 rings (SSSR count). The van der Waals surface area contributed by atoms with E-state index < -0.39 is 10.8 Å². The summed E-state index contributed by atoms with van der Waals surface area (Å²) in [6.07, 6.45) is 2.72. The molecule has 1 fully saturated rings. The molecule has 0 spiro atoms. The van der Waals surface area contributed by atoms with Crippen molar-refractivity contribution in [3.8, 4) is 17.4 Å². The second-order valence-corrected chi connectivity index (χ2v) is 6.18. The van der Waals surface area contributed by atoms with E-state index in [4.69, 9.17) is 14.2 Å². The van der Waals surface area contributed by atoms with Gasteiger partial charge < -0.3 is 19.1 Å². The zero-order valence-electron chi connectivity index (χ0n) is 15.5. The molecule has 0 aliphatic carbocycles. The van der Waals surface area contributed by atoms with Crippen molar-refractivity contribution >= 4 is 11.6 Å². The summed E-state index contributed by atoms with van der Waals surface area (Å²) in [7, 11) is 2.78. The molecule has 0 saturated carbocycles. The van der Waals surface area contributed by atoms with Crippen molar-refractivity contribution < 1.29 is 23.9 Å². The van der Waals surface area contributed by atoms with Gasteiger partial charge in [-0.2, -0.15) is 5.10 Å². The fourth-order valence-electron chi connectivity index (χ4n) is 3.10. The maximum absolute atomic E-state index is 13.0. The molecule has 1 saturated heterocycles. The highest BCUT2D eigenvalue weighted by Crippen LogP contribution is 2.35. The molecular weight excluding hydrogens is 368 g/mol. The number of likely N-dealkylation sites (tertiary alicyclic amines) is 1. The van der Waals surface area contributed by atoms with Crippen LogP contribution in [0.15, 0.2) is 30.5 Å². The van der Waals surface area contributed by atoms with Gasteiger partial charge in [-0.1, -0.05) is 0 Å². The van der Waals surface area contributed by atoms with Crippen molar-refractivity contribution in [3.05, 3.63) is 46.1 Å². The van der Waals surface area contributed by atoms with Crippen molar-refractivity contribution in [2.24, 2.45) is 0 Å². The lowest BCUT2D eigenvalue weighted by molar-refractivity contribution is -0.385. The summed E-state index contributed by atoms with van der Waals surface area (Å²) in [5, 5.41) is 19.1. The van der Waals surface area contributed by atoms with Crippen molar-refractivity contribution in [1.29, 1.82) is 0 Å². The first-order valence-electron chi connectivity index (χ1n) is 8.67. The van der Waals surface area contributed by atoms with E-state index in [2.05, 4.69) is 10.2 Å². The molecular formula is C18H20N4O6. The zero-order valence-corrected chi connectivity index (χ0v) is 15.5. The van der Waals surface area contributed by atoms with Gasteiger partial charge >= 0.3 is 0 Å². The van der Waals surface area contributed by atoms with Crippen LogP contribution in [0.1, 0.15) is 23.2 Å². The number of methoxy groups -OCH3 is 2. The van der Waals surface area contributed by atoms with E-state index in [1.807, 2.05) is 0 Å². The van der Waals surface area contributed by atoms with Crippen LogP contribution in [-0.4, -0.2) is 59.3 Å². The van der Waals surface area contributed by atoms with Gasteiger partial charge in [0, 0.05) is 24.9 Å². The zero-order chi connectivity index (χ0) is 20.1. The number of piperidine rings is 1. The SMILES string of the molecule is COc1cc(C(=O)N2CCCC(Oc3cccnn3)C2)c([N+](=O)[O-])cc1OC. The molecule has 28 heavy (non-hydrogen) atoms. The maximum Gasteiger partial charge on any atom is 0.286 e. The summed E-state index contributed by atoms with van der Waals surface area (Å²) < 4.78 is 16.1. The molecule has 148 valence electrons. The first-order valence-corrected chi connectivity index (χ1v) is 8.67. The Bertz CT molecular complexity index is 861. The quantitative estimate of drug-likeness (QED) is 0.545. The number of nitro benzene ring substituents is 1. The van der Waals surface area contributed by atoms with E-state index in [1.165, 1.54) is 26.4 Å². The molecule has 1 aliphatic heterocycles. The van der Waals surface area contributed by atoms with E-state index in [9.17, 15) is 14.9 Å². The molecule has 0 bridgehead atoms. The van der Waals surface area contributed by atoms with Gasteiger partial charge in [0.25, 0.3) is 11.6 Å². The Morgan fingerprint density at radius 1 is 1.29 bits per heavy atom. The molecule has 10 heteroatoms. The Labute approximate surface area is 161 Å². The summed E-state index contributed by atoms with van der Waals surface area (Å²) in [5.41, 5.74) is -0.387.